The Balaban J connectivity index is 1.52. The van der Waals surface area contributed by atoms with E-state index in [1.165, 1.54) is 44.1 Å². The molecule has 4 aliphatic rings. The topological polar surface area (TPSA) is 30.5 Å². The lowest BCUT2D eigenvalue weighted by atomic mass is 9.43. The molecule has 5 rings (SSSR count). The number of hydrogen-bond donors (Lipinski definition) is 1. The predicted molar refractivity (Wildman–Crippen MR) is 113 cm³/mol. The van der Waals surface area contributed by atoms with Crippen LogP contribution in [0.5, 0.6) is 11.5 Å². The molecule has 3 nitrogen and oxygen atoms in total. The van der Waals surface area contributed by atoms with Gasteiger partial charge in [-0.05, 0) is 79.4 Å². The SMILES string of the molecule is CCCOc1cc(Br)c(CNC23CC4CC(C)(CC(C)(C4)C2)C3)cc1OC. The van der Waals surface area contributed by atoms with Gasteiger partial charge in [-0.3, -0.25) is 0 Å². The average Bonchev–Trinajstić information content (AvgIpc) is 2.55. The third kappa shape index (κ3) is 3.76. The van der Waals surface area contributed by atoms with Crippen LogP contribution in [0, 0.1) is 16.7 Å². The normalized spacial score (nSPS) is 36.9. The molecule has 4 fully saturated rings. The summed E-state index contributed by atoms with van der Waals surface area (Å²) >= 11 is 3.76. The molecule has 4 saturated carbocycles. The molecule has 1 aromatic rings. The van der Waals surface area contributed by atoms with Gasteiger partial charge in [-0.2, -0.15) is 0 Å². The molecule has 150 valence electrons. The molecule has 0 aliphatic heterocycles. The van der Waals surface area contributed by atoms with E-state index in [1.807, 2.05) is 0 Å². The second kappa shape index (κ2) is 6.95. The Labute approximate surface area is 172 Å². The molecule has 0 amide bonds. The Hall–Kier alpha value is -0.740. The second-order valence-corrected chi connectivity index (χ2v) is 11.1. The molecule has 0 radical (unpaired) electrons. The zero-order valence-electron chi connectivity index (χ0n) is 17.3. The van der Waals surface area contributed by atoms with Crippen LogP contribution in [0.3, 0.4) is 0 Å². The van der Waals surface area contributed by atoms with Gasteiger partial charge in [0.15, 0.2) is 11.5 Å². The van der Waals surface area contributed by atoms with Gasteiger partial charge in [0, 0.05) is 16.6 Å². The third-order valence-electron chi connectivity index (χ3n) is 7.07. The number of rotatable bonds is 7. The molecule has 4 bridgehead atoms. The second-order valence-electron chi connectivity index (χ2n) is 10.2. The van der Waals surface area contributed by atoms with Crippen LogP contribution in [-0.4, -0.2) is 19.3 Å². The van der Waals surface area contributed by atoms with Crippen molar-refractivity contribution in [2.45, 2.75) is 77.8 Å². The van der Waals surface area contributed by atoms with E-state index >= 15 is 0 Å². The molecular formula is C23H34BrNO2. The Morgan fingerprint density at radius 3 is 2.37 bits per heavy atom. The van der Waals surface area contributed by atoms with Crippen molar-refractivity contribution in [2.75, 3.05) is 13.7 Å². The van der Waals surface area contributed by atoms with E-state index < -0.39 is 0 Å². The van der Waals surface area contributed by atoms with Crippen molar-refractivity contribution in [1.29, 1.82) is 0 Å². The largest absolute Gasteiger partial charge is 0.493 e. The van der Waals surface area contributed by atoms with Gasteiger partial charge < -0.3 is 14.8 Å². The van der Waals surface area contributed by atoms with Crippen LogP contribution in [0.25, 0.3) is 0 Å². The Bertz CT molecular complexity index is 701. The maximum absolute atomic E-state index is 5.84. The highest BCUT2D eigenvalue weighted by molar-refractivity contribution is 9.10. The minimum atomic E-state index is 0.312. The van der Waals surface area contributed by atoms with E-state index in [4.69, 9.17) is 9.47 Å². The molecule has 0 heterocycles. The predicted octanol–water partition coefficient (Wildman–Crippen LogP) is 6.09. The van der Waals surface area contributed by atoms with Crippen molar-refractivity contribution >= 4 is 15.9 Å². The molecular weight excluding hydrogens is 402 g/mol. The number of nitrogens with one attached hydrogen (secondary N) is 1. The van der Waals surface area contributed by atoms with E-state index in [0.29, 0.717) is 23.0 Å². The van der Waals surface area contributed by atoms with Crippen LogP contribution in [0.15, 0.2) is 16.6 Å². The van der Waals surface area contributed by atoms with E-state index in [2.05, 4.69) is 54.2 Å². The summed E-state index contributed by atoms with van der Waals surface area (Å²) in [6, 6.07) is 4.19. The maximum atomic E-state index is 5.84. The first-order valence-electron chi connectivity index (χ1n) is 10.5. The molecule has 1 N–H and O–H groups in total. The first-order chi connectivity index (χ1) is 12.8. The van der Waals surface area contributed by atoms with Gasteiger partial charge in [0.05, 0.1) is 13.7 Å². The molecule has 0 saturated heterocycles. The summed E-state index contributed by atoms with van der Waals surface area (Å²) < 4.78 is 12.5. The minimum absolute atomic E-state index is 0.312. The number of ether oxygens (including phenoxy) is 2. The molecule has 2 unspecified atom stereocenters. The highest BCUT2D eigenvalue weighted by Crippen LogP contribution is 2.66. The van der Waals surface area contributed by atoms with Crippen LogP contribution in [-0.2, 0) is 6.54 Å². The van der Waals surface area contributed by atoms with Crippen LogP contribution in [0.4, 0.5) is 0 Å². The average molecular weight is 436 g/mol. The van der Waals surface area contributed by atoms with Crippen LogP contribution in [0.2, 0.25) is 0 Å². The van der Waals surface area contributed by atoms with Gasteiger partial charge in [-0.25, -0.2) is 0 Å². The van der Waals surface area contributed by atoms with Crippen molar-refractivity contribution < 1.29 is 9.47 Å². The maximum Gasteiger partial charge on any atom is 0.162 e. The summed E-state index contributed by atoms with van der Waals surface area (Å²) in [4.78, 5) is 0. The summed E-state index contributed by atoms with van der Waals surface area (Å²) in [5.41, 5.74) is 2.64. The van der Waals surface area contributed by atoms with E-state index in [9.17, 15) is 0 Å². The molecule has 4 aliphatic carbocycles. The lowest BCUT2D eigenvalue weighted by molar-refractivity contribution is -0.118. The van der Waals surface area contributed by atoms with Crippen LogP contribution in [0.1, 0.15) is 71.3 Å². The van der Waals surface area contributed by atoms with Crippen molar-refractivity contribution in [3.8, 4) is 11.5 Å². The van der Waals surface area contributed by atoms with Gasteiger partial charge in [0.1, 0.15) is 0 Å². The number of methoxy groups -OCH3 is 1. The van der Waals surface area contributed by atoms with Gasteiger partial charge in [0.25, 0.3) is 0 Å². The van der Waals surface area contributed by atoms with E-state index in [0.717, 1.165) is 34.9 Å². The van der Waals surface area contributed by atoms with E-state index in [-0.39, 0.29) is 0 Å². The fourth-order valence-corrected chi connectivity index (χ4v) is 7.59. The minimum Gasteiger partial charge on any atom is -0.493 e. The Morgan fingerprint density at radius 1 is 1.07 bits per heavy atom. The lowest BCUT2D eigenvalue weighted by Gasteiger charge is -2.65. The monoisotopic (exact) mass is 435 g/mol. The highest BCUT2D eigenvalue weighted by atomic mass is 79.9. The van der Waals surface area contributed by atoms with Gasteiger partial charge in [-0.15, -0.1) is 0 Å². The Morgan fingerprint density at radius 2 is 1.78 bits per heavy atom. The third-order valence-corrected chi connectivity index (χ3v) is 7.81. The number of benzene rings is 1. The first kappa shape index (κ1) is 19.6. The fourth-order valence-electron chi connectivity index (χ4n) is 7.12. The van der Waals surface area contributed by atoms with Crippen molar-refractivity contribution in [2.24, 2.45) is 16.7 Å². The molecule has 0 spiro atoms. The molecule has 27 heavy (non-hydrogen) atoms. The summed E-state index contributed by atoms with van der Waals surface area (Å²) in [7, 11) is 1.72. The summed E-state index contributed by atoms with van der Waals surface area (Å²) in [6.07, 6.45) is 9.30. The molecule has 4 heteroatoms. The van der Waals surface area contributed by atoms with Crippen molar-refractivity contribution in [1.82, 2.24) is 5.32 Å². The molecule has 1 aromatic carbocycles. The molecule has 0 aromatic heterocycles. The van der Waals surface area contributed by atoms with Crippen LogP contribution >= 0.6 is 15.9 Å². The number of hydrogen-bond acceptors (Lipinski definition) is 3. The van der Waals surface area contributed by atoms with Crippen molar-refractivity contribution in [3.05, 3.63) is 22.2 Å². The van der Waals surface area contributed by atoms with Crippen molar-refractivity contribution in [3.63, 3.8) is 0 Å². The smallest absolute Gasteiger partial charge is 0.162 e. The lowest BCUT2D eigenvalue weighted by Crippen LogP contribution is -2.63. The molecule has 2 atom stereocenters. The van der Waals surface area contributed by atoms with E-state index in [1.54, 1.807) is 7.11 Å². The Kier molecular flexibility index (Phi) is 5.04. The first-order valence-corrected chi connectivity index (χ1v) is 11.3. The summed E-state index contributed by atoms with van der Waals surface area (Å²) in [6.45, 7) is 8.77. The standard InChI is InChI=1S/C23H34BrNO2/c1-5-6-27-20-8-18(24)17(7-19(20)26-4)12-25-23-11-16-9-21(2,14-23)13-22(3,10-16)15-23/h7-8,16,25H,5-6,9-15H2,1-4H3. The van der Waals surface area contributed by atoms with Gasteiger partial charge in [-0.1, -0.05) is 36.7 Å². The van der Waals surface area contributed by atoms with Crippen LogP contribution < -0.4 is 14.8 Å². The fraction of sp³-hybridized carbons (Fsp3) is 0.739. The summed E-state index contributed by atoms with van der Waals surface area (Å²) in [5.74, 6) is 2.56. The quantitative estimate of drug-likeness (QED) is 0.562. The zero-order valence-corrected chi connectivity index (χ0v) is 18.9. The number of halogens is 1. The highest BCUT2D eigenvalue weighted by Gasteiger charge is 2.59. The zero-order chi connectivity index (χ0) is 19.3. The van der Waals surface area contributed by atoms with Gasteiger partial charge >= 0.3 is 0 Å². The van der Waals surface area contributed by atoms with Gasteiger partial charge in [0.2, 0.25) is 0 Å². The summed E-state index contributed by atoms with van der Waals surface area (Å²) in [5, 5.41) is 4.02.